The van der Waals surface area contributed by atoms with E-state index in [-0.39, 0.29) is 5.03 Å². The fourth-order valence-electron chi connectivity index (χ4n) is 3.24. The predicted molar refractivity (Wildman–Crippen MR) is 114 cm³/mol. The van der Waals surface area contributed by atoms with Crippen molar-refractivity contribution in [1.29, 1.82) is 0 Å². The van der Waals surface area contributed by atoms with E-state index in [1.165, 1.54) is 13.8 Å². The van der Waals surface area contributed by atoms with Gasteiger partial charge in [0.1, 0.15) is 11.5 Å². The topological polar surface area (TPSA) is 46.5 Å². The molecule has 3 atom stereocenters. The lowest BCUT2D eigenvalue weighted by molar-refractivity contribution is -0.188. The number of hydrogen-bond acceptors (Lipinski definition) is 2. The Hall–Kier alpha value is -2.91. The molecule has 0 aliphatic rings. The fourth-order valence-corrected chi connectivity index (χ4v) is 3.56. The lowest BCUT2D eigenvalue weighted by atomic mass is 9.81. The van der Waals surface area contributed by atoms with Crippen LogP contribution in [-0.4, -0.2) is 17.3 Å². The molecule has 3 unspecified atom stereocenters. The molecular weight excluding hydrogens is 429 g/mol. The number of aliphatic carboxylic acids is 1. The van der Waals surface area contributed by atoms with E-state index in [0.29, 0.717) is 17.1 Å². The Morgan fingerprint density at radius 2 is 1.74 bits per heavy atom. The lowest BCUT2D eigenvalue weighted by Crippen LogP contribution is -2.37. The number of carboxylic acids is 1. The molecule has 0 fully saturated rings. The van der Waals surface area contributed by atoms with Crippen LogP contribution in [0.5, 0.6) is 11.5 Å². The van der Waals surface area contributed by atoms with Crippen molar-refractivity contribution in [3.05, 3.63) is 71.3 Å². The molecule has 0 bridgehead atoms. The number of terminal acetylenes is 1. The van der Waals surface area contributed by atoms with Crippen LogP contribution in [0.4, 0.5) is 13.2 Å². The number of rotatable bonds is 8. The molecule has 0 aliphatic carbocycles. The maximum absolute atomic E-state index is 13.7. The van der Waals surface area contributed by atoms with Gasteiger partial charge < -0.3 is 9.84 Å². The summed E-state index contributed by atoms with van der Waals surface area (Å²) in [6.45, 7) is 2.84. The summed E-state index contributed by atoms with van der Waals surface area (Å²) in [5, 5.41) is 9.08. The summed E-state index contributed by atoms with van der Waals surface area (Å²) >= 11 is 6.23. The molecule has 0 heterocycles. The molecule has 0 radical (unpaired) electrons. The van der Waals surface area contributed by atoms with Crippen LogP contribution in [0, 0.1) is 30.1 Å². The monoisotopic (exact) mass is 450 g/mol. The van der Waals surface area contributed by atoms with Gasteiger partial charge in [-0.05, 0) is 35.7 Å². The molecule has 0 amide bonds. The maximum atomic E-state index is 13.7. The highest BCUT2D eigenvalue weighted by Gasteiger charge is 2.47. The van der Waals surface area contributed by atoms with Gasteiger partial charge in [0.15, 0.2) is 0 Å². The van der Waals surface area contributed by atoms with Gasteiger partial charge >= 0.3 is 12.1 Å². The van der Waals surface area contributed by atoms with Gasteiger partial charge in [0, 0.05) is 5.03 Å². The van der Waals surface area contributed by atoms with Crippen molar-refractivity contribution >= 4 is 17.6 Å². The SMILES string of the molecule is C#CC(C(Cl)=CC(C(C(=O)O)C(C)C)C(F)(F)F)c1cccc(Oc2ccccc2)c1. The number of carboxylic acid groups (broad SMARTS) is 1. The first-order valence-electron chi connectivity index (χ1n) is 9.50. The van der Waals surface area contributed by atoms with Crippen molar-refractivity contribution in [2.24, 2.45) is 17.8 Å². The largest absolute Gasteiger partial charge is 0.481 e. The van der Waals surface area contributed by atoms with E-state index in [4.69, 9.17) is 22.8 Å². The normalized spacial score (nSPS) is 15.1. The number of benzene rings is 2. The van der Waals surface area contributed by atoms with Gasteiger partial charge in [0.25, 0.3) is 0 Å². The van der Waals surface area contributed by atoms with Crippen LogP contribution in [0.2, 0.25) is 0 Å². The predicted octanol–water partition coefficient (Wildman–Crippen LogP) is 6.85. The summed E-state index contributed by atoms with van der Waals surface area (Å²) in [5.41, 5.74) is 0.453. The van der Waals surface area contributed by atoms with E-state index in [0.717, 1.165) is 6.08 Å². The number of carbonyl (C=O) groups is 1. The third-order valence-corrected chi connectivity index (χ3v) is 5.06. The zero-order valence-corrected chi connectivity index (χ0v) is 17.7. The van der Waals surface area contributed by atoms with E-state index >= 15 is 0 Å². The van der Waals surface area contributed by atoms with E-state index in [1.807, 2.05) is 6.07 Å². The van der Waals surface area contributed by atoms with Crippen molar-refractivity contribution in [1.82, 2.24) is 0 Å². The molecule has 3 nitrogen and oxygen atoms in total. The second-order valence-electron chi connectivity index (χ2n) is 7.31. The molecule has 0 aromatic heterocycles. The summed E-state index contributed by atoms with van der Waals surface area (Å²) in [5.74, 6) is -3.87. The minimum atomic E-state index is -4.80. The first kappa shape index (κ1) is 24.4. The Balaban J connectivity index is 2.40. The first-order valence-corrected chi connectivity index (χ1v) is 9.88. The number of ether oxygens (including phenoxy) is 1. The van der Waals surface area contributed by atoms with Crippen LogP contribution >= 0.6 is 11.6 Å². The highest BCUT2D eigenvalue weighted by Crippen LogP contribution is 2.40. The Morgan fingerprint density at radius 1 is 1.13 bits per heavy atom. The zero-order valence-electron chi connectivity index (χ0n) is 16.9. The number of halogens is 4. The van der Waals surface area contributed by atoms with Crippen LogP contribution in [0.15, 0.2) is 65.7 Å². The summed E-state index contributed by atoms with van der Waals surface area (Å²) in [4.78, 5) is 11.5. The zero-order chi connectivity index (χ0) is 23.2. The average molecular weight is 451 g/mol. The molecule has 2 rings (SSSR count). The minimum Gasteiger partial charge on any atom is -0.481 e. The number of alkyl halides is 3. The molecule has 31 heavy (non-hydrogen) atoms. The number of para-hydroxylation sites is 1. The van der Waals surface area contributed by atoms with Gasteiger partial charge in [-0.25, -0.2) is 0 Å². The van der Waals surface area contributed by atoms with Crippen molar-refractivity contribution in [2.45, 2.75) is 25.9 Å². The second kappa shape index (κ2) is 10.4. The van der Waals surface area contributed by atoms with E-state index in [2.05, 4.69) is 5.92 Å². The molecule has 2 aromatic carbocycles. The molecule has 164 valence electrons. The van der Waals surface area contributed by atoms with Crippen LogP contribution in [0.3, 0.4) is 0 Å². The third kappa shape index (κ3) is 6.53. The standard InChI is InChI=1S/C24H22ClF3O3/c1-4-19(16-9-8-12-18(13-16)31-17-10-6-5-7-11-17)21(25)14-20(24(26,27)28)22(15(2)3)23(29)30/h1,5-15,19-20,22H,2-3H3,(H,29,30). The minimum absolute atomic E-state index is 0.270. The quantitative estimate of drug-likeness (QED) is 0.447. The van der Waals surface area contributed by atoms with Gasteiger partial charge in [-0.3, -0.25) is 4.79 Å². The Labute approximate surface area is 184 Å². The highest BCUT2D eigenvalue weighted by molar-refractivity contribution is 6.30. The third-order valence-electron chi connectivity index (χ3n) is 4.72. The lowest BCUT2D eigenvalue weighted by Gasteiger charge is -2.27. The summed E-state index contributed by atoms with van der Waals surface area (Å²) in [7, 11) is 0. The number of hydrogen-bond donors (Lipinski definition) is 1. The number of allylic oxidation sites excluding steroid dienone is 2. The molecule has 0 spiro atoms. The van der Waals surface area contributed by atoms with Gasteiger partial charge in [0.2, 0.25) is 0 Å². The maximum Gasteiger partial charge on any atom is 0.396 e. The second-order valence-corrected chi connectivity index (χ2v) is 7.75. The Bertz CT molecular complexity index is 962. The van der Waals surface area contributed by atoms with Crippen LogP contribution in [0.1, 0.15) is 25.3 Å². The van der Waals surface area contributed by atoms with Gasteiger partial charge in [-0.15, -0.1) is 6.42 Å². The average Bonchev–Trinajstić information content (AvgIpc) is 2.68. The van der Waals surface area contributed by atoms with Gasteiger partial charge in [-0.2, -0.15) is 13.2 Å². The fraction of sp³-hybridized carbons (Fsp3) is 0.292. The van der Waals surface area contributed by atoms with E-state index in [1.54, 1.807) is 48.5 Å². The summed E-state index contributed by atoms with van der Waals surface area (Å²) in [6.07, 6.45) is 1.49. The first-order chi connectivity index (χ1) is 14.5. The van der Waals surface area contributed by atoms with Crippen molar-refractivity contribution in [2.75, 3.05) is 0 Å². The molecule has 1 N–H and O–H groups in total. The summed E-state index contributed by atoms with van der Waals surface area (Å²) < 4.78 is 46.8. The molecule has 7 heteroatoms. The van der Waals surface area contributed by atoms with Crippen LogP contribution < -0.4 is 4.74 Å². The van der Waals surface area contributed by atoms with Crippen LogP contribution in [-0.2, 0) is 4.79 Å². The Morgan fingerprint density at radius 3 is 2.26 bits per heavy atom. The molecular formula is C24H22ClF3O3. The van der Waals surface area contributed by atoms with Gasteiger partial charge in [-0.1, -0.05) is 67.8 Å². The highest BCUT2D eigenvalue weighted by atomic mass is 35.5. The van der Waals surface area contributed by atoms with Gasteiger partial charge in [0.05, 0.1) is 17.8 Å². The van der Waals surface area contributed by atoms with E-state index < -0.39 is 35.8 Å². The van der Waals surface area contributed by atoms with Crippen LogP contribution in [0.25, 0.3) is 0 Å². The molecule has 0 saturated heterocycles. The molecule has 2 aromatic rings. The van der Waals surface area contributed by atoms with E-state index in [9.17, 15) is 23.1 Å². The molecule has 0 saturated carbocycles. The Kier molecular flexibility index (Phi) is 8.18. The summed E-state index contributed by atoms with van der Waals surface area (Å²) in [6, 6.07) is 15.5. The van der Waals surface area contributed by atoms with Crippen molar-refractivity contribution in [3.63, 3.8) is 0 Å². The van der Waals surface area contributed by atoms with Crippen molar-refractivity contribution < 1.29 is 27.8 Å². The van der Waals surface area contributed by atoms with Crippen molar-refractivity contribution in [3.8, 4) is 23.8 Å². The molecule has 0 aliphatic heterocycles. The smallest absolute Gasteiger partial charge is 0.396 e.